The first-order chi connectivity index (χ1) is 14.2. The van der Waals surface area contributed by atoms with E-state index in [1.54, 1.807) is 24.3 Å². The van der Waals surface area contributed by atoms with E-state index in [1.165, 1.54) is 0 Å². The molecule has 0 aliphatic carbocycles. The second kappa shape index (κ2) is 8.60. The zero-order valence-electron chi connectivity index (χ0n) is 16.7. The summed E-state index contributed by atoms with van der Waals surface area (Å²) in [7, 11) is 0. The SMILES string of the molecule is Cc1ccc(NC(=O)NC(=O)COC(=O)c2cc(=O)c3cc(C)ccc3o2)c(C)c1. The number of carbonyl (C=O) groups excluding carboxylic acids is 3. The van der Waals surface area contributed by atoms with E-state index in [9.17, 15) is 19.2 Å². The third-order valence-corrected chi connectivity index (χ3v) is 4.30. The van der Waals surface area contributed by atoms with Crippen LogP contribution >= 0.6 is 0 Å². The Hall–Kier alpha value is -3.94. The first-order valence-corrected chi connectivity index (χ1v) is 9.12. The molecule has 0 unspecified atom stereocenters. The van der Waals surface area contributed by atoms with Crippen LogP contribution in [0.25, 0.3) is 11.0 Å². The molecule has 1 heterocycles. The van der Waals surface area contributed by atoms with Gasteiger partial charge in [-0.3, -0.25) is 14.9 Å². The number of rotatable bonds is 4. The Morgan fingerprint density at radius 2 is 1.67 bits per heavy atom. The van der Waals surface area contributed by atoms with Crippen molar-refractivity contribution < 1.29 is 23.5 Å². The second-order valence-corrected chi connectivity index (χ2v) is 6.87. The number of ether oxygens (including phenoxy) is 1. The summed E-state index contributed by atoms with van der Waals surface area (Å²) in [4.78, 5) is 48.1. The Morgan fingerprint density at radius 3 is 2.40 bits per heavy atom. The van der Waals surface area contributed by atoms with Crippen LogP contribution in [0.15, 0.2) is 51.7 Å². The molecule has 3 amide bonds. The number of aryl methyl sites for hydroxylation is 3. The lowest BCUT2D eigenvalue weighted by atomic mass is 10.1. The molecule has 8 heteroatoms. The minimum atomic E-state index is -0.987. The third-order valence-electron chi connectivity index (χ3n) is 4.30. The number of nitrogens with one attached hydrogen (secondary N) is 2. The van der Waals surface area contributed by atoms with Crippen molar-refractivity contribution in [2.75, 3.05) is 11.9 Å². The van der Waals surface area contributed by atoms with Gasteiger partial charge in [0.25, 0.3) is 5.91 Å². The summed E-state index contributed by atoms with van der Waals surface area (Å²) in [5.41, 5.74) is 3.14. The van der Waals surface area contributed by atoms with Gasteiger partial charge in [-0.15, -0.1) is 0 Å². The van der Waals surface area contributed by atoms with Crippen LogP contribution in [0.1, 0.15) is 27.2 Å². The molecule has 30 heavy (non-hydrogen) atoms. The van der Waals surface area contributed by atoms with Gasteiger partial charge in [0.05, 0.1) is 5.39 Å². The summed E-state index contributed by atoms with van der Waals surface area (Å²) in [5, 5.41) is 4.95. The maximum absolute atomic E-state index is 12.2. The fourth-order valence-corrected chi connectivity index (χ4v) is 2.84. The van der Waals surface area contributed by atoms with Gasteiger partial charge >= 0.3 is 12.0 Å². The van der Waals surface area contributed by atoms with Gasteiger partial charge in [0.15, 0.2) is 12.0 Å². The van der Waals surface area contributed by atoms with E-state index < -0.39 is 29.9 Å². The molecule has 3 aromatic rings. The predicted octanol–water partition coefficient (Wildman–Crippen LogP) is 3.22. The average Bonchev–Trinajstić information content (AvgIpc) is 2.68. The number of imide groups is 1. The zero-order valence-corrected chi connectivity index (χ0v) is 16.7. The lowest BCUT2D eigenvalue weighted by Gasteiger charge is -2.10. The number of urea groups is 1. The monoisotopic (exact) mass is 408 g/mol. The van der Waals surface area contributed by atoms with E-state index >= 15 is 0 Å². The van der Waals surface area contributed by atoms with Crippen LogP contribution in [0, 0.1) is 20.8 Å². The van der Waals surface area contributed by atoms with E-state index in [-0.39, 0.29) is 11.3 Å². The molecule has 0 aliphatic heterocycles. The van der Waals surface area contributed by atoms with Crippen LogP contribution in [-0.4, -0.2) is 24.5 Å². The topological polar surface area (TPSA) is 115 Å². The molecule has 0 fully saturated rings. The highest BCUT2D eigenvalue weighted by Crippen LogP contribution is 2.16. The Labute approximate surface area is 171 Å². The zero-order chi connectivity index (χ0) is 21.8. The van der Waals surface area contributed by atoms with Crippen molar-refractivity contribution in [3.8, 4) is 0 Å². The van der Waals surface area contributed by atoms with Gasteiger partial charge in [-0.25, -0.2) is 9.59 Å². The first-order valence-electron chi connectivity index (χ1n) is 9.12. The van der Waals surface area contributed by atoms with Crippen LogP contribution < -0.4 is 16.1 Å². The highest BCUT2D eigenvalue weighted by Gasteiger charge is 2.17. The fourth-order valence-electron chi connectivity index (χ4n) is 2.84. The fraction of sp³-hybridized carbons (Fsp3) is 0.182. The highest BCUT2D eigenvalue weighted by molar-refractivity contribution is 6.02. The number of carbonyl (C=O) groups is 3. The minimum absolute atomic E-state index is 0.234. The van der Waals surface area contributed by atoms with Crippen LogP contribution in [0.3, 0.4) is 0 Å². The maximum Gasteiger partial charge on any atom is 0.374 e. The normalized spacial score (nSPS) is 10.5. The number of anilines is 1. The summed E-state index contributed by atoms with van der Waals surface area (Å²) in [6, 6.07) is 10.7. The second-order valence-electron chi connectivity index (χ2n) is 6.87. The van der Waals surface area contributed by atoms with Gasteiger partial charge in [0, 0.05) is 11.8 Å². The molecule has 0 aliphatic rings. The van der Waals surface area contributed by atoms with Crippen LogP contribution in [0.2, 0.25) is 0 Å². The Kier molecular flexibility index (Phi) is 5.96. The molecule has 3 rings (SSSR count). The molecule has 2 N–H and O–H groups in total. The molecule has 0 saturated heterocycles. The summed E-state index contributed by atoms with van der Waals surface area (Å²) in [5.74, 6) is -2.15. The van der Waals surface area contributed by atoms with Gasteiger partial charge in [0.2, 0.25) is 5.76 Å². The number of hydrogen-bond donors (Lipinski definition) is 2. The smallest absolute Gasteiger partial charge is 0.374 e. The molecule has 1 aromatic heterocycles. The molecule has 0 bridgehead atoms. The Balaban J connectivity index is 1.58. The summed E-state index contributed by atoms with van der Waals surface area (Å²) in [6.45, 7) is 4.86. The van der Waals surface area contributed by atoms with Crippen molar-refractivity contribution in [1.82, 2.24) is 5.32 Å². The quantitative estimate of drug-likeness (QED) is 0.641. The molecule has 0 radical (unpaired) electrons. The van der Waals surface area contributed by atoms with Crippen LogP contribution in [0.4, 0.5) is 10.5 Å². The van der Waals surface area contributed by atoms with Crippen LogP contribution in [-0.2, 0) is 9.53 Å². The van der Waals surface area contributed by atoms with Gasteiger partial charge < -0.3 is 14.5 Å². The number of hydrogen-bond acceptors (Lipinski definition) is 6. The lowest BCUT2D eigenvalue weighted by molar-refractivity contribution is -0.123. The number of amides is 3. The van der Waals surface area contributed by atoms with E-state index in [4.69, 9.17) is 9.15 Å². The molecular formula is C22H20N2O6. The highest BCUT2D eigenvalue weighted by atomic mass is 16.5. The average molecular weight is 408 g/mol. The molecule has 2 aromatic carbocycles. The largest absolute Gasteiger partial charge is 0.450 e. The van der Waals surface area contributed by atoms with Crippen molar-refractivity contribution >= 4 is 34.6 Å². The van der Waals surface area contributed by atoms with Crippen molar-refractivity contribution in [3.63, 3.8) is 0 Å². The predicted molar refractivity (Wildman–Crippen MR) is 111 cm³/mol. The maximum atomic E-state index is 12.2. The third kappa shape index (κ3) is 4.91. The minimum Gasteiger partial charge on any atom is -0.450 e. The molecule has 154 valence electrons. The molecular weight excluding hydrogens is 388 g/mol. The van der Waals surface area contributed by atoms with E-state index in [0.717, 1.165) is 22.8 Å². The molecule has 0 spiro atoms. The van der Waals surface area contributed by atoms with E-state index in [2.05, 4.69) is 10.6 Å². The first kappa shape index (κ1) is 20.8. The van der Waals surface area contributed by atoms with Gasteiger partial charge in [-0.1, -0.05) is 29.3 Å². The molecule has 0 atom stereocenters. The van der Waals surface area contributed by atoms with Crippen LogP contribution in [0.5, 0.6) is 0 Å². The van der Waals surface area contributed by atoms with Gasteiger partial charge in [0.1, 0.15) is 5.58 Å². The Morgan fingerprint density at radius 1 is 0.967 bits per heavy atom. The van der Waals surface area contributed by atoms with E-state index in [0.29, 0.717) is 11.1 Å². The van der Waals surface area contributed by atoms with E-state index in [1.807, 2.05) is 32.9 Å². The number of benzene rings is 2. The lowest BCUT2D eigenvalue weighted by Crippen LogP contribution is -2.37. The molecule has 8 nitrogen and oxygen atoms in total. The number of esters is 1. The van der Waals surface area contributed by atoms with Gasteiger partial charge in [-0.2, -0.15) is 0 Å². The van der Waals surface area contributed by atoms with Crippen molar-refractivity contribution in [2.24, 2.45) is 0 Å². The van der Waals surface area contributed by atoms with Crippen molar-refractivity contribution in [3.05, 3.63) is 75.1 Å². The van der Waals surface area contributed by atoms with Crippen molar-refractivity contribution in [2.45, 2.75) is 20.8 Å². The molecule has 0 saturated carbocycles. The van der Waals surface area contributed by atoms with Gasteiger partial charge in [-0.05, 0) is 44.5 Å². The summed E-state index contributed by atoms with van der Waals surface area (Å²) in [6.07, 6.45) is 0. The number of fused-ring (bicyclic) bond motifs is 1. The summed E-state index contributed by atoms with van der Waals surface area (Å²) >= 11 is 0. The standard InChI is InChI=1S/C22H20N2O6/c1-12-4-6-16(14(3)8-12)23-22(28)24-20(26)11-29-21(27)19-10-17(25)15-9-13(2)5-7-18(15)30-19/h4-10H,11H2,1-3H3,(H2,23,24,26,28). The van der Waals surface area contributed by atoms with Crippen molar-refractivity contribution in [1.29, 1.82) is 0 Å². The Bertz CT molecular complexity index is 1210. The summed E-state index contributed by atoms with van der Waals surface area (Å²) < 4.78 is 10.2.